The molecular formula is C23H22N6O2. The van der Waals surface area contributed by atoms with E-state index in [1.807, 2.05) is 24.3 Å². The van der Waals surface area contributed by atoms with Crippen LogP contribution in [-0.2, 0) is 16.8 Å². The summed E-state index contributed by atoms with van der Waals surface area (Å²) in [5.41, 5.74) is 2.41. The topological polar surface area (TPSA) is 115 Å². The quantitative estimate of drug-likeness (QED) is 0.659. The Morgan fingerprint density at radius 1 is 1.23 bits per heavy atom. The lowest BCUT2D eigenvalue weighted by molar-refractivity contribution is -0.117. The van der Waals surface area contributed by atoms with Crippen LogP contribution < -0.4 is 10.2 Å². The zero-order chi connectivity index (χ0) is 22.0. The first-order valence-corrected chi connectivity index (χ1v) is 9.95. The molecule has 0 bridgehead atoms. The highest BCUT2D eigenvalue weighted by atomic mass is 16.3. The molecule has 1 aliphatic rings. The van der Waals surface area contributed by atoms with Crippen molar-refractivity contribution in [3.05, 3.63) is 65.6 Å². The van der Waals surface area contributed by atoms with Crippen molar-refractivity contribution in [1.29, 1.82) is 5.26 Å². The maximum absolute atomic E-state index is 12.6. The number of hydrogen-bond acceptors (Lipinski definition) is 7. The molecule has 0 fully saturated rings. The SMILES string of the molecule is CC(C)(O)c1ccc(-c2cnc3c(n2)N(CCc2cccc(C#N)c2)C(=O)CN3)cn1. The molecule has 0 saturated heterocycles. The van der Waals surface area contributed by atoms with E-state index in [2.05, 4.69) is 26.3 Å². The molecule has 2 N–H and O–H groups in total. The number of aliphatic hydroxyl groups is 1. The molecule has 1 aromatic carbocycles. The summed E-state index contributed by atoms with van der Waals surface area (Å²) in [6.07, 6.45) is 3.87. The van der Waals surface area contributed by atoms with Gasteiger partial charge in [-0.3, -0.25) is 14.7 Å². The van der Waals surface area contributed by atoms with Crippen LogP contribution in [0.15, 0.2) is 48.8 Å². The Kier molecular flexibility index (Phi) is 5.36. The molecule has 31 heavy (non-hydrogen) atoms. The molecule has 0 spiro atoms. The summed E-state index contributed by atoms with van der Waals surface area (Å²) >= 11 is 0. The van der Waals surface area contributed by atoms with E-state index in [1.165, 1.54) is 0 Å². The first kappa shape index (κ1) is 20.4. The predicted octanol–water partition coefficient (Wildman–Crippen LogP) is 2.64. The molecule has 156 valence electrons. The Morgan fingerprint density at radius 3 is 2.77 bits per heavy atom. The Bertz CT molecular complexity index is 1160. The van der Waals surface area contributed by atoms with Gasteiger partial charge in [-0.05, 0) is 50.1 Å². The van der Waals surface area contributed by atoms with Crippen molar-refractivity contribution in [2.45, 2.75) is 25.9 Å². The monoisotopic (exact) mass is 414 g/mol. The van der Waals surface area contributed by atoms with Gasteiger partial charge in [0.1, 0.15) is 5.60 Å². The number of hydrogen-bond donors (Lipinski definition) is 2. The number of aromatic nitrogens is 3. The van der Waals surface area contributed by atoms with Crippen LogP contribution in [0.1, 0.15) is 30.7 Å². The van der Waals surface area contributed by atoms with E-state index < -0.39 is 5.60 Å². The number of nitrogens with zero attached hydrogens (tertiary/aromatic N) is 5. The van der Waals surface area contributed by atoms with Gasteiger partial charge in [0.25, 0.3) is 0 Å². The number of nitrogens with one attached hydrogen (secondary N) is 1. The van der Waals surface area contributed by atoms with E-state index >= 15 is 0 Å². The van der Waals surface area contributed by atoms with Crippen molar-refractivity contribution < 1.29 is 9.90 Å². The Balaban J connectivity index is 1.61. The molecular weight excluding hydrogens is 392 g/mol. The Morgan fingerprint density at radius 2 is 2.06 bits per heavy atom. The van der Waals surface area contributed by atoms with E-state index in [1.54, 1.807) is 43.3 Å². The van der Waals surface area contributed by atoms with Gasteiger partial charge in [-0.2, -0.15) is 5.26 Å². The standard InChI is InChI=1S/C23H22N6O2/c1-23(2,31)19-7-6-17(12-25-19)18-13-26-21-22(28-18)29(20(30)14-27-21)9-8-15-4-3-5-16(10-15)11-24/h3-7,10,12-13,31H,8-9,14H2,1-2H3,(H,26,27). The summed E-state index contributed by atoms with van der Waals surface area (Å²) in [6.45, 7) is 3.93. The lowest BCUT2D eigenvalue weighted by Crippen LogP contribution is -2.42. The van der Waals surface area contributed by atoms with E-state index in [4.69, 9.17) is 5.26 Å². The molecule has 0 radical (unpaired) electrons. The fourth-order valence-electron chi connectivity index (χ4n) is 3.38. The smallest absolute Gasteiger partial charge is 0.247 e. The van der Waals surface area contributed by atoms with Gasteiger partial charge in [-0.15, -0.1) is 0 Å². The van der Waals surface area contributed by atoms with Crippen LogP contribution in [0.3, 0.4) is 0 Å². The van der Waals surface area contributed by atoms with Gasteiger partial charge < -0.3 is 10.4 Å². The summed E-state index contributed by atoms with van der Waals surface area (Å²) in [4.78, 5) is 27.7. The van der Waals surface area contributed by atoms with Crippen LogP contribution >= 0.6 is 0 Å². The minimum atomic E-state index is -1.03. The number of nitriles is 1. The van der Waals surface area contributed by atoms with Gasteiger partial charge in [0.2, 0.25) is 5.91 Å². The van der Waals surface area contributed by atoms with Gasteiger partial charge in [0.05, 0.1) is 35.8 Å². The van der Waals surface area contributed by atoms with Crippen LogP contribution in [0.4, 0.5) is 11.6 Å². The van der Waals surface area contributed by atoms with Crippen LogP contribution in [0.5, 0.6) is 0 Å². The third-order valence-corrected chi connectivity index (χ3v) is 5.08. The molecule has 2 aromatic heterocycles. The molecule has 1 amide bonds. The maximum Gasteiger partial charge on any atom is 0.247 e. The number of anilines is 2. The van der Waals surface area contributed by atoms with Crippen LogP contribution in [0, 0.1) is 11.3 Å². The minimum absolute atomic E-state index is 0.0918. The third kappa shape index (κ3) is 4.37. The van der Waals surface area contributed by atoms with Gasteiger partial charge >= 0.3 is 0 Å². The molecule has 0 atom stereocenters. The number of carbonyl (C=O) groups is 1. The second-order valence-corrected chi connectivity index (χ2v) is 7.88. The average Bonchev–Trinajstić information content (AvgIpc) is 2.77. The molecule has 4 rings (SSSR count). The van der Waals surface area contributed by atoms with E-state index in [0.717, 1.165) is 11.1 Å². The van der Waals surface area contributed by atoms with Crippen molar-refractivity contribution in [2.24, 2.45) is 0 Å². The van der Waals surface area contributed by atoms with E-state index in [-0.39, 0.29) is 12.5 Å². The molecule has 3 heterocycles. The van der Waals surface area contributed by atoms with Gasteiger partial charge in [0.15, 0.2) is 11.6 Å². The van der Waals surface area contributed by atoms with Crippen molar-refractivity contribution >= 4 is 17.5 Å². The van der Waals surface area contributed by atoms with Crippen molar-refractivity contribution in [3.63, 3.8) is 0 Å². The molecule has 0 unspecified atom stereocenters. The molecule has 1 aliphatic heterocycles. The zero-order valence-electron chi connectivity index (χ0n) is 17.3. The zero-order valence-corrected chi connectivity index (χ0v) is 17.3. The first-order chi connectivity index (χ1) is 14.8. The van der Waals surface area contributed by atoms with Crippen LogP contribution in [0.25, 0.3) is 11.3 Å². The summed E-state index contributed by atoms with van der Waals surface area (Å²) in [5, 5.41) is 22.2. The first-order valence-electron chi connectivity index (χ1n) is 9.95. The fraction of sp³-hybridized carbons (Fsp3) is 0.261. The normalized spacial score (nSPS) is 13.4. The van der Waals surface area contributed by atoms with Crippen LogP contribution in [-0.4, -0.2) is 39.1 Å². The number of rotatable bonds is 5. The summed E-state index contributed by atoms with van der Waals surface area (Å²) in [6, 6.07) is 13.1. The van der Waals surface area contributed by atoms with Crippen molar-refractivity contribution in [3.8, 4) is 17.3 Å². The molecule has 8 heteroatoms. The predicted molar refractivity (Wildman–Crippen MR) is 116 cm³/mol. The van der Waals surface area contributed by atoms with E-state index in [9.17, 15) is 9.90 Å². The largest absolute Gasteiger partial charge is 0.384 e. The van der Waals surface area contributed by atoms with Crippen molar-refractivity contribution in [2.75, 3.05) is 23.3 Å². The molecule has 8 nitrogen and oxygen atoms in total. The second-order valence-electron chi connectivity index (χ2n) is 7.88. The van der Waals surface area contributed by atoms with Crippen LogP contribution in [0.2, 0.25) is 0 Å². The lowest BCUT2D eigenvalue weighted by Gasteiger charge is -2.28. The number of benzene rings is 1. The highest BCUT2D eigenvalue weighted by Gasteiger charge is 2.27. The highest BCUT2D eigenvalue weighted by molar-refractivity contribution is 6.00. The van der Waals surface area contributed by atoms with Gasteiger partial charge in [0, 0.05) is 18.3 Å². The number of pyridine rings is 1. The van der Waals surface area contributed by atoms with Crippen molar-refractivity contribution in [1.82, 2.24) is 15.0 Å². The van der Waals surface area contributed by atoms with E-state index in [0.29, 0.717) is 41.6 Å². The summed E-state index contributed by atoms with van der Waals surface area (Å²) in [5.74, 6) is 0.929. The fourth-order valence-corrected chi connectivity index (χ4v) is 3.38. The number of carbonyl (C=O) groups excluding carboxylic acids is 1. The third-order valence-electron chi connectivity index (χ3n) is 5.08. The molecule has 0 aliphatic carbocycles. The van der Waals surface area contributed by atoms with Gasteiger partial charge in [-0.25, -0.2) is 9.97 Å². The minimum Gasteiger partial charge on any atom is -0.384 e. The average molecular weight is 414 g/mol. The molecule has 3 aromatic rings. The number of fused-ring (bicyclic) bond motifs is 1. The summed E-state index contributed by atoms with van der Waals surface area (Å²) < 4.78 is 0. The second kappa shape index (κ2) is 8.13. The summed E-state index contributed by atoms with van der Waals surface area (Å²) in [7, 11) is 0. The lowest BCUT2D eigenvalue weighted by atomic mass is 10.0. The van der Waals surface area contributed by atoms with Gasteiger partial charge in [-0.1, -0.05) is 12.1 Å². The highest BCUT2D eigenvalue weighted by Crippen LogP contribution is 2.29. The Hall–Kier alpha value is -3.83. The molecule has 0 saturated carbocycles. The maximum atomic E-state index is 12.6. The Labute approximate surface area is 180 Å². The number of amides is 1.